The van der Waals surface area contributed by atoms with E-state index in [4.69, 9.17) is 27.9 Å². The second-order valence-electron chi connectivity index (χ2n) is 4.87. The summed E-state index contributed by atoms with van der Waals surface area (Å²) < 4.78 is 4.87. The third kappa shape index (κ3) is 2.61. The van der Waals surface area contributed by atoms with Gasteiger partial charge in [0, 0.05) is 15.6 Å². The van der Waals surface area contributed by atoms with E-state index >= 15 is 0 Å². The van der Waals surface area contributed by atoms with E-state index in [1.54, 1.807) is 30.3 Å². The van der Waals surface area contributed by atoms with Crippen molar-refractivity contribution >= 4 is 35.0 Å². The van der Waals surface area contributed by atoms with Gasteiger partial charge in [-0.3, -0.25) is 4.79 Å². The summed E-state index contributed by atoms with van der Waals surface area (Å²) in [5, 5.41) is 10.3. The molecule has 1 aliphatic rings. The number of carbonyl (C=O) groups is 2. The number of ether oxygens (including phenoxy) is 1. The van der Waals surface area contributed by atoms with Gasteiger partial charge in [-0.25, -0.2) is 4.79 Å². The molecule has 112 valence electrons. The van der Waals surface area contributed by atoms with Crippen molar-refractivity contribution in [1.82, 2.24) is 0 Å². The molecule has 0 aromatic heterocycles. The molecule has 2 atom stereocenters. The SMILES string of the molecule is O=C1OC(c2ccc(-c3ccc(Cl)cc3)cc2Cl)C(=O)C1O. The fraction of sp³-hybridized carbons (Fsp3) is 0.125. The lowest BCUT2D eigenvalue weighted by Gasteiger charge is -2.11. The highest BCUT2D eigenvalue weighted by molar-refractivity contribution is 6.32. The van der Waals surface area contributed by atoms with Crippen molar-refractivity contribution in [2.75, 3.05) is 0 Å². The van der Waals surface area contributed by atoms with E-state index in [-0.39, 0.29) is 5.02 Å². The summed E-state index contributed by atoms with van der Waals surface area (Å²) >= 11 is 12.0. The zero-order chi connectivity index (χ0) is 15.9. The van der Waals surface area contributed by atoms with Gasteiger partial charge < -0.3 is 9.84 Å². The zero-order valence-corrected chi connectivity index (χ0v) is 12.6. The molecular weight excluding hydrogens is 327 g/mol. The van der Waals surface area contributed by atoms with E-state index in [0.717, 1.165) is 11.1 Å². The largest absolute Gasteiger partial charge is 0.447 e. The summed E-state index contributed by atoms with van der Waals surface area (Å²) in [6, 6.07) is 12.3. The van der Waals surface area contributed by atoms with E-state index in [2.05, 4.69) is 0 Å². The monoisotopic (exact) mass is 336 g/mol. The Labute approximate surface area is 136 Å². The van der Waals surface area contributed by atoms with Crippen LogP contribution in [0.4, 0.5) is 0 Å². The van der Waals surface area contributed by atoms with Gasteiger partial charge in [0.1, 0.15) is 0 Å². The van der Waals surface area contributed by atoms with Gasteiger partial charge in [0.15, 0.2) is 6.10 Å². The Morgan fingerprint density at radius 2 is 1.59 bits per heavy atom. The quantitative estimate of drug-likeness (QED) is 0.675. The van der Waals surface area contributed by atoms with Gasteiger partial charge in [0.05, 0.1) is 0 Å². The van der Waals surface area contributed by atoms with Crippen molar-refractivity contribution in [3.05, 3.63) is 58.1 Å². The Kier molecular flexibility index (Phi) is 3.91. The lowest BCUT2D eigenvalue weighted by atomic mass is 9.99. The number of hydrogen-bond acceptors (Lipinski definition) is 4. The third-order valence-electron chi connectivity index (χ3n) is 3.45. The van der Waals surface area contributed by atoms with Crippen LogP contribution in [0.5, 0.6) is 0 Å². The van der Waals surface area contributed by atoms with Crippen LogP contribution in [-0.2, 0) is 14.3 Å². The van der Waals surface area contributed by atoms with Gasteiger partial charge in [-0.15, -0.1) is 0 Å². The van der Waals surface area contributed by atoms with Gasteiger partial charge in [0.2, 0.25) is 11.9 Å². The lowest BCUT2D eigenvalue weighted by Crippen LogP contribution is -2.22. The van der Waals surface area contributed by atoms with Crippen LogP contribution in [0.1, 0.15) is 11.7 Å². The van der Waals surface area contributed by atoms with Crippen LogP contribution in [0.25, 0.3) is 11.1 Å². The minimum Gasteiger partial charge on any atom is -0.447 e. The molecule has 2 unspecified atom stereocenters. The second kappa shape index (κ2) is 5.72. The van der Waals surface area contributed by atoms with Gasteiger partial charge in [-0.05, 0) is 29.3 Å². The van der Waals surface area contributed by atoms with Crippen LogP contribution in [0.2, 0.25) is 10.0 Å². The van der Waals surface area contributed by atoms with Crippen LogP contribution in [0.3, 0.4) is 0 Å². The smallest absolute Gasteiger partial charge is 0.344 e. The van der Waals surface area contributed by atoms with Gasteiger partial charge in [-0.1, -0.05) is 47.5 Å². The first-order valence-electron chi connectivity index (χ1n) is 6.45. The molecule has 0 amide bonds. The number of hydrogen-bond donors (Lipinski definition) is 1. The summed E-state index contributed by atoms with van der Waals surface area (Å²) in [4.78, 5) is 23.0. The van der Waals surface area contributed by atoms with Crippen molar-refractivity contribution in [3.63, 3.8) is 0 Å². The Balaban J connectivity index is 1.95. The average Bonchev–Trinajstić information content (AvgIpc) is 2.75. The van der Waals surface area contributed by atoms with Crippen LogP contribution in [0.15, 0.2) is 42.5 Å². The molecule has 1 fully saturated rings. The predicted molar refractivity (Wildman–Crippen MR) is 81.7 cm³/mol. The lowest BCUT2D eigenvalue weighted by molar-refractivity contribution is -0.147. The zero-order valence-electron chi connectivity index (χ0n) is 11.1. The summed E-state index contributed by atoms with van der Waals surface area (Å²) in [6.07, 6.45) is -2.90. The predicted octanol–water partition coefficient (Wildman–Crippen LogP) is 3.19. The van der Waals surface area contributed by atoms with Crippen molar-refractivity contribution in [1.29, 1.82) is 0 Å². The standard InChI is InChI=1S/C16H10Cl2O4/c17-10-4-1-8(2-5-10)9-3-6-11(12(18)7-9)15-13(19)14(20)16(21)22-15/h1-7,14-15,20H. The highest BCUT2D eigenvalue weighted by atomic mass is 35.5. The normalized spacial score (nSPS) is 21.0. The number of esters is 1. The van der Waals surface area contributed by atoms with E-state index in [0.29, 0.717) is 10.6 Å². The molecule has 2 aromatic rings. The number of aliphatic hydroxyl groups excluding tert-OH is 1. The van der Waals surface area contributed by atoms with Crippen molar-refractivity contribution < 1.29 is 19.4 Å². The van der Waals surface area contributed by atoms with Crippen molar-refractivity contribution in [3.8, 4) is 11.1 Å². The highest BCUT2D eigenvalue weighted by Gasteiger charge is 2.43. The van der Waals surface area contributed by atoms with Gasteiger partial charge in [-0.2, -0.15) is 0 Å². The maximum Gasteiger partial charge on any atom is 0.344 e. The molecule has 0 radical (unpaired) electrons. The average molecular weight is 337 g/mol. The van der Waals surface area contributed by atoms with E-state index in [9.17, 15) is 14.7 Å². The molecule has 22 heavy (non-hydrogen) atoms. The number of aliphatic hydroxyl groups is 1. The minimum absolute atomic E-state index is 0.285. The minimum atomic E-state index is -1.74. The van der Waals surface area contributed by atoms with E-state index in [1.165, 1.54) is 0 Å². The van der Waals surface area contributed by atoms with Crippen LogP contribution in [0, 0.1) is 0 Å². The first-order chi connectivity index (χ1) is 10.5. The van der Waals surface area contributed by atoms with Crippen molar-refractivity contribution in [2.24, 2.45) is 0 Å². The number of rotatable bonds is 2. The molecule has 1 heterocycles. The number of Topliss-reactive ketones (excluding diaryl/α,β-unsaturated/α-hetero) is 1. The molecule has 4 nitrogen and oxygen atoms in total. The Morgan fingerprint density at radius 3 is 2.14 bits per heavy atom. The van der Waals surface area contributed by atoms with Gasteiger partial charge in [0.25, 0.3) is 0 Å². The molecule has 2 aromatic carbocycles. The maximum atomic E-state index is 11.8. The Hall–Kier alpha value is -1.88. The molecule has 1 aliphatic heterocycles. The van der Waals surface area contributed by atoms with E-state index < -0.39 is 24.0 Å². The topological polar surface area (TPSA) is 63.6 Å². The molecular formula is C16H10Cl2O4. The summed E-state index contributed by atoms with van der Waals surface area (Å²) in [5.41, 5.74) is 2.10. The third-order valence-corrected chi connectivity index (χ3v) is 4.02. The van der Waals surface area contributed by atoms with E-state index in [1.807, 2.05) is 12.1 Å². The highest BCUT2D eigenvalue weighted by Crippen LogP contribution is 2.34. The number of benzene rings is 2. The molecule has 0 spiro atoms. The molecule has 1 N–H and O–H groups in total. The molecule has 0 aliphatic carbocycles. The fourth-order valence-corrected chi connectivity index (χ4v) is 2.68. The fourth-order valence-electron chi connectivity index (χ4n) is 2.28. The summed E-state index contributed by atoms with van der Waals surface area (Å²) in [7, 11) is 0. The Morgan fingerprint density at radius 1 is 0.955 bits per heavy atom. The molecule has 0 bridgehead atoms. The Bertz CT molecular complexity index is 755. The number of halogens is 2. The summed E-state index contributed by atoms with van der Waals surface area (Å²) in [6.45, 7) is 0. The van der Waals surface area contributed by atoms with Crippen LogP contribution in [-0.4, -0.2) is 23.0 Å². The first kappa shape index (κ1) is 15.0. The number of ketones is 1. The molecule has 6 heteroatoms. The van der Waals surface area contributed by atoms with Gasteiger partial charge >= 0.3 is 5.97 Å². The van der Waals surface area contributed by atoms with Crippen LogP contribution < -0.4 is 0 Å². The second-order valence-corrected chi connectivity index (χ2v) is 5.71. The maximum absolute atomic E-state index is 11.8. The molecule has 1 saturated heterocycles. The van der Waals surface area contributed by atoms with Crippen molar-refractivity contribution in [2.45, 2.75) is 12.2 Å². The summed E-state index contributed by atoms with van der Waals surface area (Å²) in [5.74, 6) is -1.65. The number of carbonyl (C=O) groups excluding carboxylic acids is 2. The first-order valence-corrected chi connectivity index (χ1v) is 7.20. The molecule has 3 rings (SSSR count). The van der Waals surface area contributed by atoms with Crippen LogP contribution >= 0.6 is 23.2 Å². The molecule has 0 saturated carbocycles. The number of cyclic esters (lactones) is 1.